The van der Waals surface area contributed by atoms with Crippen LogP contribution in [0.4, 0.5) is 0 Å². The van der Waals surface area contributed by atoms with Gasteiger partial charge in [0.05, 0.1) is 46.6 Å². The lowest BCUT2D eigenvalue weighted by atomic mass is 9.85. The number of benzene rings is 3. The molecule has 0 saturated carbocycles. The van der Waals surface area contributed by atoms with Crippen molar-refractivity contribution in [2.24, 2.45) is 11.8 Å². The first-order valence-corrected chi connectivity index (χ1v) is 13.6. The number of hydrogen-bond donors (Lipinski definition) is 0. The standard InChI is InChI=1S/C31H32ClN3O6/c1-37-27-10-8-20(14-29(27)38-2)12-23-18-41-31(36)25(23)13-21-9-11-28(30(15-21)39-3)40-19-24-17-35(34-33-24)16-22-6-4-5-7-26(22)32/h4-11,14-15,17,23,25H,12-13,16,18-19H2,1-3H3/t23-,25+/m0/s1. The van der Waals surface area contributed by atoms with E-state index in [0.717, 1.165) is 16.7 Å². The van der Waals surface area contributed by atoms with Gasteiger partial charge in [0.1, 0.15) is 12.3 Å². The second-order valence-electron chi connectivity index (χ2n) is 9.87. The van der Waals surface area contributed by atoms with Crippen LogP contribution in [0.5, 0.6) is 23.0 Å². The van der Waals surface area contributed by atoms with Crippen molar-refractivity contribution in [3.05, 3.63) is 94.3 Å². The van der Waals surface area contributed by atoms with Gasteiger partial charge in [-0.3, -0.25) is 4.79 Å². The van der Waals surface area contributed by atoms with E-state index in [4.69, 9.17) is 35.3 Å². The minimum Gasteiger partial charge on any atom is -0.493 e. The van der Waals surface area contributed by atoms with Gasteiger partial charge in [-0.1, -0.05) is 47.1 Å². The van der Waals surface area contributed by atoms with Crippen LogP contribution >= 0.6 is 11.6 Å². The Kier molecular flexibility index (Phi) is 8.94. The summed E-state index contributed by atoms with van der Waals surface area (Å²) in [7, 11) is 4.81. The Labute approximate surface area is 243 Å². The topological polar surface area (TPSA) is 93.9 Å². The van der Waals surface area contributed by atoms with Crippen LogP contribution in [-0.2, 0) is 35.5 Å². The number of cyclic esters (lactones) is 1. The maximum absolute atomic E-state index is 12.7. The van der Waals surface area contributed by atoms with Crippen LogP contribution in [-0.4, -0.2) is 48.9 Å². The Bertz CT molecular complexity index is 1510. The molecule has 1 aliphatic rings. The second-order valence-corrected chi connectivity index (χ2v) is 10.3. The quantitative estimate of drug-likeness (QED) is 0.213. The predicted molar refractivity (Wildman–Crippen MR) is 153 cm³/mol. The van der Waals surface area contributed by atoms with Gasteiger partial charge >= 0.3 is 5.97 Å². The Morgan fingerprint density at radius 3 is 2.32 bits per heavy atom. The SMILES string of the molecule is COc1ccc(C[C@H]2COC(=O)[C@@H]2Cc2ccc(OCc3cn(Cc4ccccc4Cl)nn3)c(OC)c2)cc1OC. The summed E-state index contributed by atoms with van der Waals surface area (Å²) in [6.45, 7) is 1.12. The van der Waals surface area contributed by atoms with Crippen molar-refractivity contribution < 1.29 is 28.5 Å². The molecule has 0 amide bonds. The number of halogens is 1. The molecule has 0 unspecified atom stereocenters. The van der Waals surface area contributed by atoms with Crippen molar-refractivity contribution in [2.75, 3.05) is 27.9 Å². The third-order valence-electron chi connectivity index (χ3n) is 7.19. The molecule has 0 radical (unpaired) electrons. The number of esters is 1. The third-order valence-corrected chi connectivity index (χ3v) is 7.56. The highest BCUT2D eigenvalue weighted by Crippen LogP contribution is 2.35. The lowest BCUT2D eigenvalue weighted by Gasteiger charge is -2.17. The van der Waals surface area contributed by atoms with Crippen molar-refractivity contribution >= 4 is 17.6 Å². The van der Waals surface area contributed by atoms with E-state index < -0.39 is 0 Å². The van der Waals surface area contributed by atoms with E-state index in [9.17, 15) is 4.79 Å². The van der Waals surface area contributed by atoms with Crippen molar-refractivity contribution in [3.8, 4) is 23.0 Å². The second kappa shape index (κ2) is 13.0. The lowest BCUT2D eigenvalue weighted by molar-refractivity contribution is -0.141. The maximum Gasteiger partial charge on any atom is 0.309 e. The molecule has 5 rings (SSSR count). The number of carbonyl (C=O) groups excluding carboxylic acids is 1. The summed E-state index contributed by atoms with van der Waals surface area (Å²) in [6.07, 6.45) is 3.05. The zero-order valence-electron chi connectivity index (χ0n) is 23.2. The molecule has 10 heteroatoms. The molecular formula is C31H32ClN3O6. The van der Waals surface area contributed by atoms with Crippen LogP contribution in [0, 0.1) is 11.8 Å². The summed E-state index contributed by atoms with van der Waals surface area (Å²) in [5, 5.41) is 9.07. The summed E-state index contributed by atoms with van der Waals surface area (Å²) >= 11 is 6.26. The molecule has 0 spiro atoms. The van der Waals surface area contributed by atoms with E-state index in [1.54, 1.807) is 26.0 Å². The Morgan fingerprint density at radius 1 is 0.902 bits per heavy atom. The first-order chi connectivity index (χ1) is 20.0. The molecule has 1 fully saturated rings. The van der Waals surface area contributed by atoms with Crippen LogP contribution in [0.3, 0.4) is 0 Å². The summed E-state index contributed by atoms with van der Waals surface area (Å²) in [4.78, 5) is 12.7. The number of ether oxygens (including phenoxy) is 5. The van der Waals surface area contributed by atoms with E-state index in [-0.39, 0.29) is 24.4 Å². The summed E-state index contributed by atoms with van der Waals surface area (Å²) in [5.74, 6) is 2.07. The van der Waals surface area contributed by atoms with E-state index >= 15 is 0 Å². The molecule has 2 atom stereocenters. The molecule has 214 valence electrons. The summed E-state index contributed by atoms with van der Waals surface area (Å²) in [5.41, 5.74) is 3.65. The maximum atomic E-state index is 12.7. The fraction of sp³-hybridized carbons (Fsp3) is 0.323. The van der Waals surface area contributed by atoms with Crippen LogP contribution in [0.25, 0.3) is 0 Å². The van der Waals surface area contributed by atoms with Gasteiger partial charge in [0.15, 0.2) is 23.0 Å². The lowest BCUT2D eigenvalue weighted by Crippen LogP contribution is -2.20. The van der Waals surface area contributed by atoms with Gasteiger partial charge in [-0.05, 0) is 59.9 Å². The van der Waals surface area contributed by atoms with Crippen molar-refractivity contribution in [2.45, 2.75) is 26.0 Å². The van der Waals surface area contributed by atoms with Crippen LogP contribution in [0.1, 0.15) is 22.4 Å². The minimum absolute atomic E-state index is 0.0379. The number of aromatic nitrogens is 3. The van der Waals surface area contributed by atoms with Crippen molar-refractivity contribution in [3.63, 3.8) is 0 Å². The number of hydrogen-bond acceptors (Lipinski definition) is 8. The van der Waals surface area contributed by atoms with Gasteiger partial charge in [0.25, 0.3) is 0 Å². The molecule has 0 N–H and O–H groups in total. The normalized spacial score (nSPS) is 16.3. The van der Waals surface area contributed by atoms with Crippen LogP contribution in [0.2, 0.25) is 5.02 Å². The van der Waals surface area contributed by atoms with Gasteiger partial charge in [0, 0.05) is 10.9 Å². The van der Waals surface area contributed by atoms with E-state index in [1.807, 2.05) is 66.9 Å². The molecule has 4 aromatic rings. The zero-order valence-corrected chi connectivity index (χ0v) is 24.0. The number of carbonyl (C=O) groups is 1. The van der Waals surface area contributed by atoms with Gasteiger partial charge in [-0.25, -0.2) is 4.68 Å². The number of rotatable bonds is 12. The number of nitrogens with zero attached hydrogens (tertiary/aromatic N) is 3. The monoisotopic (exact) mass is 577 g/mol. The number of methoxy groups -OCH3 is 3. The van der Waals surface area contributed by atoms with Gasteiger partial charge in [0.2, 0.25) is 0 Å². The highest BCUT2D eigenvalue weighted by Gasteiger charge is 2.37. The van der Waals surface area contributed by atoms with Gasteiger partial charge < -0.3 is 23.7 Å². The molecule has 9 nitrogen and oxygen atoms in total. The fourth-order valence-corrected chi connectivity index (χ4v) is 5.21. The Hall–Kier alpha value is -4.24. The predicted octanol–water partition coefficient (Wildman–Crippen LogP) is 5.16. The molecule has 0 bridgehead atoms. The smallest absolute Gasteiger partial charge is 0.309 e. The van der Waals surface area contributed by atoms with Crippen LogP contribution in [0.15, 0.2) is 66.9 Å². The molecule has 2 heterocycles. The largest absolute Gasteiger partial charge is 0.493 e. The van der Waals surface area contributed by atoms with Crippen molar-refractivity contribution in [1.82, 2.24) is 15.0 Å². The zero-order chi connectivity index (χ0) is 28.8. The van der Waals surface area contributed by atoms with Gasteiger partial charge in [-0.2, -0.15) is 0 Å². The van der Waals surface area contributed by atoms with Crippen LogP contribution < -0.4 is 18.9 Å². The van der Waals surface area contributed by atoms with E-state index in [2.05, 4.69) is 10.3 Å². The van der Waals surface area contributed by atoms with E-state index in [1.165, 1.54) is 0 Å². The minimum atomic E-state index is -0.271. The van der Waals surface area contributed by atoms with Gasteiger partial charge in [-0.15, -0.1) is 5.10 Å². The van der Waals surface area contributed by atoms with E-state index in [0.29, 0.717) is 59.7 Å². The molecular weight excluding hydrogens is 546 g/mol. The molecule has 0 aliphatic carbocycles. The molecule has 3 aromatic carbocycles. The molecule has 41 heavy (non-hydrogen) atoms. The summed E-state index contributed by atoms with van der Waals surface area (Å²) in [6, 6.07) is 19.2. The van der Waals surface area contributed by atoms with Crippen molar-refractivity contribution in [1.29, 1.82) is 0 Å². The first kappa shape index (κ1) is 28.3. The molecule has 1 aliphatic heterocycles. The molecule has 1 saturated heterocycles. The Balaban J connectivity index is 1.22. The Morgan fingerprint density at radius 2 is 1.59 bits per heavy atom. The molecule has 1 aromatic heterocycles. The average molecular weight is 578 g/mol. The average Bonchev–Trinajstić information content (AvgIpc) is 3.59. The first-order valence-electron chi connectivity index (χ1n) is 13.3. The highest BCUT2D eigenvalue weighted by atomic mass is 35.5. The summed E-state index contributed by atoms with van der Waals surface area (Å²) < 4.78 is 29.6. The third kappa shape index (κ3) is 6.74. The highest BCUT2D eigenvalue weighted by molar-refractivity contribution is 6.31. The fourth-order valence-electron chi connectivity index (χ4n) is 5.01.